The molecule has 0 aromatic rings. The predicted molar refractivity (Wildman–Crippen MR) is 169 cm³/mol. The van der Waals surface area contributed by atoms with Crippen LogP contribution in [-0.2, 0) is 9.53 Å². The van der Waals surface area contributed by atoms with Gasteiger partial charge in [-0.25, -0.2) is 0 Å². The van der Waals surface area contributed by atoms with Crippen molar-refractivity contribution in [2.24, 2.45) is 0 Å². The van der Waals surface area contributed by atoms with E-state index in [1.54, 1.807) is 0 Å². The fraction of sp³-hybridized carbons (Fsp3) is 0.971. The van der Waals surface area contributed by atoms with E-state index < -0.39 is 0 Å². The van der Waals surface area contributed by atoms with Crippen molar-refractivity contribution < 1.29 is 9.53 Å². The van der Waals surface area contributed by atoms with Crippen LogP contribution in [0.25, 0.3) is 0 Å². The Morgan fingerprint density at radius 1 is 0.500 bits per heavy atom. The van der Waals surface area contributed by atoms with Crippen LogP contribution in [0.3, 0.4) is 0 Å². The van der Waals surface area contributed by atoms with Gasteiger partial charge in [0, 0.05) is 19.7 Å². The molecule has 0 N–H and O–H groups in total. The maximum atomic E-state index is 13.1. The van der Waals surface area contributed by atoms with Crippen LogP contribution in [0.1, 0.15) is 195 Å². The highest BCUT2D eigenvalue weighted by Gasteiger charge is 2.25. The summed E-state index contributed by atoms with van der Waals surface area (Å²) in [7, 11) is 0. The molecular formula is C35H71NO2. The number of amides is 1. The first-order chi connectivity index (χ1) is 18.5. The Bertz CT molecular complexity index is 462. The van der Waals surface area contributed by atoms with Crippen LogP contribution in [0.2, 0.25) is 0 Å². The third kappa shape index (κ3) is 25.7. The molecule has 0 bridgehead atoms. The monoisotopic (exact) mass is 538 g/mol. The molecule has 0 aliphatic rings. The summed E-state index contributed by atoms with van der Waals surface area (Å²) in [5.41, 5.74) is -0.364. The van der Waals surface area contributed by atoms with Crippen LogP contribution in [0, 0.1) is 0 Å². The molecule has 0 aromatic heterocycles. The van der Waals surface area contributed by atoms with Gasteiger partial charge in [-0.15, -0.1) is 0 Å². The Labute approximate surface area is 240 Å². The van der Waals surface area contributed by atoms with Crippen LogP contribution >= 0.6 is 0 Å². The van der Waals surface area contributed by atoms with Crippen molar-refractivity contribution in [1.29, 1.82) is 0 Å². The summed E-state index contributed by atoms with van der Waals surface area (Å²) in [6.07, 6.45) is 33.1. The molecule has 0 aromatic carbocycles. The van der Waals surface area contributed by atoms with E-state index in [0.29, 0.717) is 13.0 Å². The quantitative estimate of drug-likeness (QED) is 0.0852. The van der Waals surface area contributed by atoms with Gasteiger partial charge in [-0.2, -0.15) is 0 Å². The minimum Gasteiger partial charge on any atom is -0.375 e. The zero-order valence-electron chi connectivity index (χ0n) is 27.1. The van der Waals surface area contributed by atoms with Gasteiger partial charge in [0.05, 0.1) is 12.0 Å². The first-order valence-electron chi connectivity index (χ1n) is 17.4. The molecule has 1 amide bonds. The second-order valence-electron chi connectivity index (χ2n) is 12.5. The van der Waals surface area contributed by atoms with Gasteiger partial charge in [-0.05, 0) is 33.6 Å². The average Bonchev–Trinajstić information content (AvgIpc) is 2.88. The van der Waals surface area contributed by atoms with E-state index in [1.807, 2.05) is 6.92 Å². The molecule has 0 aliphatic heterocycles. The van der Waals surface area contributed by atoms with Crippen LogP contribution in [-0.4, -0.2) is 36.1 Å². The first kappa shape index (κ1) is 37.4. The van der Waals surface area contributed by atoms with Gasteiger partial charge in [-0.3, -0.25) is 4.79 Å². The molecule has 0 unspecified atom stereocenters. The third-order valence-electron chi connectivity index (χ3n) is 8.03. The van der Waals surface area contributed by atoms with Crippen molar-refractivity contribution in [2.75, 3.05) is 19.7 Å². The number of hydrogen-bond acceptors (Lipinski definition) is 2. The van der Waals surface area contributed by atoms with Crippen molar-refractivity contribution in [3.05, 3.63) is 0 Å². The number of hydrogen-bond donors (Lipinski definition) is 0. The Hall–Kier alpha value is -0.570. The summed E-state index contributed by atoms with van der Waals surface area (Å²) in [5, 5.41) is 0. The number of carbonyl (C=O) groups excluding carboxylic acids is 1. The molecule has 228 valence electrons. The lowest BCUT2D eigenvalue weighted by molar-refractivity contribution is -0.137. The van der Waals surface area contributed by atoms with Crippen molar-refractivity contribution in [3.8, 4) is 0 Å². The highest BCUT2D eigenvalue weighted by Crippen LogP contribution is 2.18. The average molecular weight is 538 g/mol. The van der Waals surface area contributed by atoms with Gasteiger partial charge in [-0.1, -0.05) is 155 Å². The summed E-state index contributed by atoms with van der Waals surface area (Å²) in [6.45, 7) is 13.2. The number of carbonyl (C=O) groups is 1. The third-order valence-corrected chi connectivity index (χ3v) is 8.03. The van der Waals surface area contributed by atoms with Gasteiger partial charge in [0.2, 0.25) is 5.91 Å². The molecule has 0 aliphatic carbocycles. The van der Waals surface area contributed by atoms with E-state index in [1.165, 1.54) is 141 Å². The van der Waals surface area contributed by atoms with Crippen molar-refractivity contribution in [2.45, 2.75) is 201 Å². The SMILES string of the molecule is CCCCCCCCCCCCCCN(CCCCCCCCCCCCCC)C(=O)CC(C)(C)OCC. The normalized spacial score (nSPS) is 11.8. The molecule has 0 fully saturated rings. The first-order valence-corrected chi connectivity index (χ1v) is 17.4. The lowest BCUT2D eigenvalue weighted by Crippen LogP contribution is -2.39. The fourth-order valence-electron chi connectivity index (χ4n) is 5.57. The fourth-order valence-corrected chi connectivity index (χ4v) is 5.57. The van der Waals surface area contributed by atoms with Crippen molar-refractivity contribution >= 4 is 5.91 Å². The lowest BCUT2D eigenvalue weighted by atomic mass is 10.0. The Kier molecular flexibility index (Phi) is 27.6. The Balaban J connectivity index is 4.07. The van der Waals surface area contributed by atoms with Crippen LogP contribution in [0.5, 0.6) is 0 Å². The molecule has 0 saturated carbocycles. The van der Waals surface area contributed by atoms with E-state index in [9.17, 15) is 4.79 Å². The number of nitrogens with zero attached hydrogens (tertiary/aromatic N) is 1. The summed E-state index contributed by atoms with van der Waals surface area (Å²) in [4.78, 5) is 15.3. The zero-order chi connectivity index (χ0) is 28.2. The zero-order valence-corrected chi connectivity index (χ0v) is 27.1. The van der Waals surface area contributed by atoms with Gasteiger partial charge in [0.25, 0.3) is 0 Å². The maximum Gasteiger partial charge on any atom is 0.225 e. The molecule has 3 heteroatoms. The van der Waals surface area contributed by atoms with Gasteiger partial charge in [0.15, 0.2) is 0 Å². The van der Waals surface area contributed by atoms with E-state index in [2.05, 4.69) is 32.6 Å². The predicted octanol–water partition coefficient (Wildman–Crippen LogP) is 11.4. The van der Waals surface area contributed by atoms with E-state index in [-0.39, 0.29) is 11.5 Å². The number of ether oxygens (including phenoxy) is 1. The second-order valence-corrected chi connectivity index (χ2v) is 12.5. The number of rotatable bonds is 30. The maximum absolute atomic E-state index is 13.1. The highest BCUT2D eigenvalue weighted by molar-refractivity contribution is 5.77. The summed E-state index contributed by atoms with van der Waals surface area (Å²) in [5.74, 6) is 0.287. The minimum atomic E-state index is -0.364. The lowest BCUT2D eigenvalue weighted by Gasteiger charge is -2.29. The molecule has 38 heavy (non-hydrogen) atoms. The molecule has 0 atom stereocenters. The van der Waals surface area contributed by atoms with Crippen LogP contribution in [0.4, 0.5) is 0 Å². The van der Waals surface area contributed by atoms with Crippen molar-refractivity contribution in [1.82, 2.24) is 4.90 Å². The number of unbranched alkanes of at least 4 members (excludes halogenated alkanes) is 22. The topological polar surface area (TPSA) is 29.5 Å². The molecule has 0 saturated heterocycles. The van der Waals surface area contributed by atoms with E-state index in [4.69, 9.17) is 4.74 Å². The van der Waals surface area contributed by atoms with Gasteiger partial charge >= 0.3 is 0 Å². The molecule has 3 nitrogen and oxygen atoms in total. The van der Waals surface area contributed by atoms with Gasteiger partial charge < -0.3 is 9.64 Å². The minimum absolute atomic E-state index is 0.287. The van der Waals surface area contributed by atoms with Gasteiger partial charge in [0.1, 0.15) is 0 Å². The molecule has 0 radical (unpaired) electrons. The molecule has 0 rings (SSSR count). The smallest absolute Gasteiger partial charge is 0.225 e. The summed E-state index contributed by atoms with van der Waals surface area (Å²) in [6, 6.07) is 0. The van der Waals surface area contributed by atoms with Crippen LogP contribution in [0.15, 0.2) is 0 Å². The molecule has 0 heterocycles. The van der Waals surface area contributed by atoms with E-state index in [0.717, 1.165) is 25.9 Å². The van der Waals surface area contributed by atoms with E-state index >= 15 is 0 Å². The Morgan fingerprint density at radius 3 is 1.08 bits per heavy atom. The summed E-state index contributed by atoms with van der Waals surface area (Å²) >= 11 is 0. The second kappa shape index (κ2) is 28.0. The largest absolute Gasteiger partial charge is 0.375 e. The van der Waals surface area contributed by atoms with Crippen LogP contribution < -0.4 is 0 Å². The molecule has 0 spiro atoms. The van der Waals surface area contributed by atoms with Crippen molar-refractivity contribution in [3.63, 3.8) is 0 Å². The highest BCUT2D eigenvalue weighted by atomic mass is 16.5. The molecular weight excluding hydrogens is 466 g/mol. The summed E-state index contributed by atoms with van der Waals surface area (Å²) < 4.78 is 5.84. The standard InChI is InChI=1S/C35H71NO2/c1-6-9-11-13-15-17-19-21-23-25-27-29-31-36(34(37)33-35(4,5)38-8-3)32-30-28-26-24-22-20-18-16-14-12-10-7-2/h6-33H2,1-5H3. The Morgan fingerprint density at radius 2 is 0.789 bits per heavy atom.